The maximum absolute atomic E-state index is 6.02. The van der Waals surface area contributed by atoms with Crippen molar-refractivity contribution in [3.05, 3.63) is 66.6 Å². The van der Waals surface area contributed by atoms with Gasteiger partial charge < -0.3 is 25.8 Å². The van der Waals surface area contributed by atoms with Crippen LogP contribution in [0.5, 0.6) is 5.88 Å². The first-order valence-electron chi connectivity index (χ1n) is 9.77. The number of methoxy groups -OCH3 is 1. The van der Waals surface area contributed by atoms with Crippen LogP contribution in [0.25, 0.3) is 10.9 Å². The summed E-state index contributed by atoms with van der Waals surface area (Å²) in [6.45, 7) is 1.41. The molecule has 0 spiro atoms. The van der Waals surface area contributed by atoms with Crippen LogP contribution < -0.4 is 21.1 Å². The number of benzene rings is 1. The van der Waals surface area contributed by atoms with E-state index >= 15 is 0 Å². The van der Waals surface area contributed by atoms with Gasteiger partial charge >= 0.3 is 0 Å². The summed E-state index contributed by atoms with van der Waals surface area (Å²) in [7, 11) is 1.62. The van der Waals surface area contributed by atoms with E-state index in [9.17, 15) is 0 Å². The van der Waals surface area contributed by atoms with Crippen molar-refractivity contribution in [3.63, 3.8) is 0 Å². The predicted molar refractivity (Wildman–Crippen MR) is 120 cm³/mol. The largest absolute Gasteiger partial charge is 0.474 e. The van der Waals surface area contributed by atoms with Crippen LogP contribution in [0.3, 0.4) is 0 Å². The topological polar surface area (TPSA) is 120 Å². The molecule has 0 atom stereocenters. The van der Waals surface area contributed by atoms with Gasteiger partial charge in [-0.25, -0.2) is 15.0 Å². The highest BCUT2D eigenvalue weighted by atomic mass is 16.5. The van der Waals surface area contributed by atoms with Gasteiger partial charge in [-0.05, 0) is 35.9 Å². The lowest BCUT2D eigenvalue weighted by atomic mass is 10.1. The molecule has 4 aromatic rings. The molecule has 0 saturated carbocycles. The summed E-state index contributed by atoms with van der Waals surface area (Å²) in [5.41, 5.74) is 8.74. The molecule has 0 amide bonds. The van der Waals surface area contributed by atoms with Gasteiger partial charge in [0.2, 0.25) is 5.88 Å². The van der Waals surface area contributed by atoms with Gasteiger partial charge in [0.25, 0.3) is 0 Å². The number of anilines is 4. The molecule has 0 fully saturated rings. The molecule has 3 aromatic heterocycles. The quantitative estimate of drug-likeness (QED) is 0.352. The Balaban J connectivity index is 1.47. The molecule has 0 radical (unpaired) electrons. The van der Waals surface area contributed by atoms with Crippen molar-refractivity contribution < 1.29 is 9.47 Å². The molecule has 31 heavy (non-hydrogen) atoms. The minimum absolute atomic E-state index is 0.316. The Bertz CT molecular complexity index is 1170. The molecule has 4 N–H and O–H groups in total. The van der Waals surface area contributed by atoms with E-state index < -0.39 is 0 Å². The highest BCUT2D eigenvalue weighted by Gasteiger charge is 2.09. The molecular weight excluding hydrogens is 394 g/mol. The van der Waals surface area contributed by atoms with Crippen molar-refractivity contribution >= 4 is 34.0 Å². The Morgan fingerprint density at radius 3 is 2.77 bits per heavy atom. The molecule has 4 rings (SSSR count). The average Bonchev–Trinajstić information content (AvgIpc) is 2.80. The fraction of sp³-hybridized carbons (Fsp3) is 0.182. The summed E-state index contributed by atoms with van der Waals surface area (Å²) in [5.74, 6) is 1.78. The van der Waals surface area contributed by atoms with Crippen molar-refractivity contribution in [2.45, 2.75) is 6.54 Å². The second kappa shape index (κ2) is 9.68. The molecule has 1 aromatic carbocycles. The molecule has 0 aliphatic rings. The highest BCUT2D eigenvalue weighted by Crippen LogP contribution is 2.25. The van der Waals surface area contributed by atoms with E-state index in [1.54, 1.807) is 25.7 Å². The molecule has 158 valence electrons. The normalized spacial score (nSPS) is 10.7. The Kier molecular flexibility index (Phi) is 6.34. The zero-order valence-electron chi connectivity index (χ0n) is 17.1. The van der Waals surface area contributed by atoms with Gasteiger partial charge in [-0.1, -0.05) is 12.1 Å². The van der Waals surface area contributed by atoms with Gasteiger partial charge in [0.05, 0.1) is 18.3 Å². The Hall–Kier alpha value is -3.98. The molecule has 9 heteroatoms. The third-order valence-electron chi connectivity index (χ3n) is 4.49. The fourth-order valence-corrected chi connectivity index (χ4v) is 2.97. The Morgan fingerprint density at radius 1 is 1.00 bits per heavy atom. The number of nitrogens with one attached hydrogen (secondary N) is 2. The lowest BCUT2D eigenvalue weighted by Gasteiger charge is -2.13. The highest BCUT2D eigenvalue weighted by molar-refractivity contribution is 5.79. The number of nitrogens with zero attached hydrogens (tertiary/aromatic N) is 4. The Labute approximate surface area is 179 Å². The maximum Gasteiger partial charge on any atom is 0.237 e. The average molecular weight is 417 g/mol. The van der Waals surface area contributed by atoms with E-state index in [1.807, 2.05) is 36.4 Å². The standard InChI is InChI=1S/C22H23N7O2/c1-30-10-11-31-22-18(5-3-9-25-22)28-19-14-26-20(23)21(29-19)27-13-15-6-7-17-16(12-15)4-2-8-24-17/h2-9,12,14H,10-11,13H2,1H3,(H2,23,26)(H2,27,28,29). The monoisotopic (exact) mass is 417 g/mol. The van der Waals surface area contributed by atoms with Crippen molar-refractivity contribution in [3.8, 4) is 5.88 Å². The molecule has 0 unspecified atom stereocenters. The van der Waals surface area contributed by atoms with Crippen LogP contribution in [0.2, 0.25) is 0 Å². The summed E-state index contributed by atoms with van der Waals surface area (Å²) >= 11 is 0. The number of rotatable bonds is 9. The third kappa shape index (κ3) is 5.14. The van der Waals surface area contributed by atoms with Gasteiger partial charge in [-0.2, -0.15) is 0 Å². The number of pyridine rings is 2. The van der Waals surface area contributed by atoms with Crippen LogP contribution in [0.4, 0.5) is 23.1 Å². The molecular formula is C22H23N7O2. The van der Waals surface area contributed by atoms with Gasteiger partial charge in [0.15, 0.2) is 17.5 Å². The molecule has 0 aliphatic heterocycles. The zero-order valence-corrected chi connectivity index (χ0v) is 17.1. The minimum Gasteiger partial charge on any atom is -0.474 e. The van der Waals surface area contributed by atoms with Gasteiger partial charge in [0, 0.05) is 31.4 Å². The van der Waals surface area contributed by atoms with Crippen molar-refractivity contribution in [1.82, 2.24) is 19.9 Å². The van der Waals surface area contributed by atoms with Gasteiger partial charge in [-0.3, -0.25) is 4.98 Å². The van der Waals surface area contributed by atoms with E-state index in [-0.39, 0.29) is 0 Å². The first-order chi connectivity index (χ1) is 15.2. The maximum atomic E-state index is 6.02. The smallest absolute Gasteiger partial charge is 0.237 e. The van der Waals surface area contributed by atoms with E-state index in [1.165, 1.54) is 0 Å². The molecule has 0 bridgehead atoms. The van der Waals surface area contributed by atoms with E-state index in [2.05, 4.69) is 36.6 Å². The third-order valence-corrected chi connectivity index (χ3v) is 4.49. The first kappa shape index (κ1) is 20.3. The number of nitrogen functional groups attached to an aromatic ring is 1. The van der Waals surface area contributed by atoms with Crippen LogP contribution in [-0.2, 0) is 11.3 Å². The first-order valence-corrected chi connectivity index (χ1v) is 9.77. The zero-order chi connectivity index (χ0) is 21.5. The van der Waals surface area contributed by atoms with Crippen molar-refractivity contribution in [2.24, 2.45) is 0 Å². The van der Waals surface area contributed by atoms with Crippen LogP contribution >= 0.6 is 0 Å². The summed E-state index contributed by atoms with van der Waals surface area (Å²) in [5, 5.41) is 7.52. The van der Waals surface area contributed by atoms with Crippen molar-refractivity contribution in [2.75, 3.05) is 36.7 Å². The van der Waals surface area contributed by atoms with Crippen molar-refractivity contribution in [1.29, 1.82) is 0 Å². The van der Waals surface area contributed by atoms with E-state index in [0.29, 0.717) is 48.8 Å². The van der Waals surface area contributed by atoms with Gasteiger partial charge in [0.1, 0.15) is 12.3 Å². The number of fused-ring (bicyclic) bond motifs is 1. The Morgan fingerprint density at radius 2 is 1.87 bits per heavy atom. The molecule has 0 saturated heterocycles. The number of hydrogen-bond donors (Lipinski definition) is 3. The second-order valence-corrected chi connectivity index (χ2v) is 6.70. The summed E-state index contributed by atoms with van der Waals surface area (Å²) in [6.07, 6.45) is 5.01. The molecule has 3 heterocycles. The summed E-state index contributed by atoms with van der Waals surface area (Å²) < 4.78 is 10.7. The summed E-state index contributed by atoms with van der Waals surface area (Å²) in [6, 6.07) is 13.7. The molecule has 0 aliphatic carbocycles. The number of hydrogen-bond acceptors (Lipinski definition) is 9. The van der Waals surface area contributed by atoms with Crippen LogP contribution in [-0.4, -0.2) is 40.3 Å². The van der Waals surface area contributed by atoms with Crippen LogP contribution in [0, 0.1) is 0 Å². The fourth-order valence-electron chi connectivity index (χ4n) is 2.97. The second-order valence-electron chi connectivity index (χ2n) is 6.70. The predicted octanol–water partition coefficient (Wildman–Crippen LogP) is 3.38. The SMILES string of the molecule is COCCOc1ncccc1Nc1cnc(N)c(NCc2ccc3ncccc3c2)n1. The number of ether oxygens (including phenoxy) is 2. The van der Waals surface area contributed by atoms with E-state index in [0.717, 1.165) is 16.5 Å². The van der Waals surface area contributed by atoms with Gasteiger partial charge in [-0.15, -0.1) is 0 Å². The van der Waals surface area contributed by atoms with Crippen LogP contribution in [0.1, 0.15) is 5.56 Å². The summed E-state index contributed by atoms with van der Waals surface area (Å²) in [4.78, 5) is 17.4. The lowest BCUT2D eigenvalue weighted by Crippen LogP contribution is -2.09. The molecule has 9 nitrogen and oxygen atoms in total. The lowest BCUT2D eigenvalue weighted by molar-refractivity contribution is 0.144. The van der Waals surface area contributed by atoms with E-state index in [4.69, 9.17) is 15.2 Å². The number of aromatic nitrogens is 4. The minimum atomic E-state index is 0.316. The van der Waals surface area contributed by atoms with Crippen LogP contribution in [0.15, 0.2) is 61.1 Å². The number of nitrogens with two attached hydrogens (primary N) is 1.